The Kier molecular flexibility index (Phi) is 5.58. The minimum Gasteiger partial charge on any atom is -0.481 e. The van der Waals surface area contributed by atoms with Crippen molar-refractivity contribution in [3.8, 4) is 0 Å². The van der Waals surface area contributed by atoms with E-state index in [1.807, 2.05) is 4.90 Å². The van der Waals surface area contributed by atoms with Crippen LogP contribution in [0.2, 0.25) is 0 Å². The van der Waals surface area contributed by atoms with Crippen LogP contribution < -0.4 is 0 Å². The molecule has 1 rings (SSSR count). The van der Waals surface area contributed by atoms with E-state index in [1.165, 1.54) is 0 Å². The summed E-state index contributed by atoms with van der Waals surface area (Å²) in [5, 5.41) is 8.62. The molecule has 17 heavy (non-hydrogen) atoms. The summed E-state index contributed by atoms with van der Waals surface area (Å²) in [5.41, 5.74) is -4.15. The van der Waals surface area contributed by atoms with Crippen LogP contribution >= 0.6 is 11.8 Å². The molecular formula is C10H16F3NO2S. The van der Waals surface area contributed by atoms with Gasteiger partial charge < -0.3 is 10.0 Å². The second-order valence-electron chi connectivity index (χ2n) is 4.18. The van der Waals surface area contributed by atoms with Gasteiger partial charge in [0.2, 0.25) is 0 Å². The van der Waals surface area contributed by atoms with E-state index in [9.17, 15) is 18.0 Å². The lowest BCUT2D eigenvalue weighted by Crippen LogP contribution is -2.36. The molecule has 3 nitrogen and oxygen atoms in total. The summed E-state index contributed by atoms with van der Waals surface area (Å²) in [4.78, 5) is 12.5. The Morgan fingerprint density at radius 3 is 2.41 bits per heavy atom. The van der Waals surface area contributed by atoms with Crippen LogP contribution in [0.4, 0.5) is 13.2 Å². The number of carboxylic acid groups (broad SMARTS) is 1. The Bertz CT molecular complexity index is 252. The predicted octanol–water partition coefficient (Wildman–Crippen LogP) is 2.43. The van der Waals surface area contributed by atoms with Crippen LogP contribution in [0.15, 0.2) is 0 Å². The number of carboxylic acids is 1. The van der Waals surface area contributed by atoms with Gasteiger partial charge in [0.25, 0.3) is 0 Å². The van der Waals surface area contributed by atoms with E-state index in [0.29, 0.717) is 19.6 Å². The fourth-order valence-corrected chi connectivity index (χ4v) is 2.53. The summed E-state index contributed by atoms with van der Waals surface area (Å²) < 4.78 is 35.7. The summed E-state index contributed by atoms with van der Waals surface area (Å²) in [6, 6.07) is 0. The molecule has 0 aliphatic carbocycles. The second kappa shape index (κ2) is 6.49. The monoisotopic (exact) mass is 271 g/mol. The van der Waals surface area contributed by atoms with Gasteiger partial charge in [-0.15, -0.1) is 0 Å². The molecule has 1 aliphatic heterocycles. The van der Waals surface area contributed by atoms with Crippen LogP contribution in [0.5, 0.6) is 0 Å². The van der Waals surface area contributed by atoms with E-state index >= 15 is 0 Å². The number of thioether (sulfide) groups is 1. The molecule has 0 aromatic heterocycles. The Hall–Kier alpha value is -0.430. The number of rotatable bonds is 5. The van der Waals surface area contributed by atoms with E-state index < -0.39 is 11.5 Å². The highest BCUT2D eigenvalue weighted by Gasteiger charge is 2.28. The van der Waals surface area contributed by atoms with E-state index in [4.69, 9.17) is 5.11 Å². The minimum absolute atomic E-state index is 0.00289. The zero-order valence-electron chi connectivity index (χ0n) is 9.37. The number of piperidine rings is 1. The van der Waals surface area contributed by atoms with Crippen molar-refractivity contribution in [1.82, 2.24) is 4.90 Å². The van der Waals surface area contributed by atoms with E-state index in [-0.39, 0.29) is 29.9 Å². The zero-order chi connectivity index (χ0) is 12.9. The third-order valence-corrected chi connectivity index (χ3v) is 3.56. The molecule has 1 heterocycles. The summed E-state index contributed by atoms with van der Waals surface area (Å²) in [6.45, 7) is 1.83. The second-order valence-corrected chi connectivity index (χ2v) is 5.34. The predicted molar refractivity (Wildman–Crippen MR) is 59.9 cm³/mol. The Morgan fingerprint density at radius 1 is 1.35 bits per heavy atom. The van der Waals surface area contributed by atoms with Gasteiger partial charge in [0.15, 0.2) is 0 Å². The van der Waals surface area contributed by atoms with Crippen molar-refractivity contribution in [2.45, 2.75) is 24.8 Å². The molecule has 0 atom stereocenters. The molecule has 0 unspecified atom stereocenters. The van der Waals surface area contributed by atoms with Crippen molar-refractivity contribution < 1.29 is 23.1 Å². The van der Waals surface area contributed by atoms with Gasteiger partial charge in [-0.05, 0) is 43.6 Å². The Labute approximate surface area is 102 Å². The van der Waals surface area contributed by atoms with Gasteiger partial charge in [-0.1, -0.05) is 0 Å². The maximum absolute atomic E-state index is 11.9. The minimum atomic E-state index is -4.15. The first-order valence-electron chi connectivity index (χ1n) is 5.51. The van der Waals surface area contributed by atoms with E-state index in [2.05, 4.69) is 0 Å². The molecule has 0 aromatic rings. The lowest BCUT2D eigenvalue weighted by atomic mass is 9.94. The molecule has 0 bridgehead atoms. The number of likely N-dealkylation sites (tertiary alicyclic amines) is 1. The highest BCUT2D eigenvalue weighted by molar-refractivity contribution is 8.00. The van der Waals surface area contributed by atoms with Gasteiger partial charge in [-0.2, -0.15) is 13.2 Å². The van der Waals surface area contributed by atoms with Crippen LogP contribution in [0.1, 0.15) is 19.3 Å². The van der Waals surface area contributed by atoms with Crippen molar-refractivity contribution in [3.63, 3.8) is 0 Å². The number of carbonyl (C=O) groups is 1. The first-order valence-corrected chi connectivity index (χ1v) is 6.50. The average molecular weight is 271 g/mol. The Balaban J connectivity index is 2.13. The molecule has 0 spiro atoms. The van der Waals surface area contributed by atoms with Gasteiger partial charge in [-0.25, -0.2) is 0 Å². The molecule has 1 aliphatic rings. The molecule has 0 saturated carbocycles. The van der Waals surface area contributed by atoms with Crippen molar-refractivity contribution >= 4 is 17.7 Å². The first-order chi connectivity index (χ1) is 7.87. The molecule has 0 radical (unpaired) electrons. The molecule has 100 valence electrons. The smallest absolute Gasteiger partial charge is 0.441 e. The molecule has 7 heteroatoms. The summed E-state index contributed by atoms with van der Waals surface area (Å²) in [7, 11) is 0. The van der Waals surface area contributed by atoms with Crippen molar-refractivity contribution in [1.29, 1.82) is 0 Å². The summed E-state index contributed by atoms with van der Waals surface area (Å²) in [5.74, 6) is -0.567. The third-order valence-electron chi connectivity index (χ3n) is 2.84. The Morgan fingerprint density at radius 2 is 1.94 bits per heavy atom. The topological polar surface area (TPSA) is 40.5 Å². The fraction of sp³-hybridized carbons (Fsp3) is 0.900. The summed E-state index contributed by atoms with van der Waals surface area (Å²) >= 11 is 0.00289. The zero-order valence-corrected chi connectivity index (χ0v) is 10.2. The van der Waals surface area contributed by atoms with E-state index in [0.717, 1.165) is 12.8 Å². The van der Waals surface area contributed by atoms with Crippen LogP contribution in [-0.2, 0) is 4.79 Å². The highest BCUT2D eigenvalue weighted by Crippen LogP contribution is 2.30. The number of hydrogen-bond acceptors (Lipinski definition) is 3. The third kappa shape index (κ3) is 6.78. The quantitative estimate of drug-likeness (QED) is 0.833. The molecule has 0 amide bonds. The number of halogens is 3. The van der Waals surface area contributed by atoms with Gasteiger partial charge in [0.05, 0.1) is 0 Å². The van der Waals surface area contributed by atoms with Gasteiger partial charge in [0, 0.05) is 18.7 Å². The first kappa shape index (κ1) is 14.6. The molecule has 1 fully saturated rings. The molecule has 1 N–H and O–H groups in total. The van der Waals surface area contributed by atoms with Crippen LogP contribution in [0.25, 0.3) is 0 Å². The van der Waals surface area contributed by atoms with Crippen molar-refractivity contribution in [2.75, 3.05) is 25.4 Å². The van der Waals surface area contributed by atoms with Crippen LogP contribution in [0, 0.1) is 5.92 Å². The SMILES string of the molecule is O=C(O)CC1CCN(CCSC(F)(F)F)CC1. The number of aliphatic carboxylic acids is 1. The summed E-state index contributed by atoms with van der Waals surface area (Å²) in [6.07, 6.45) is 1.71. The number of hydrogen-bond donors (Lipinski definition) is 1. The van der Waals surface area contributed by atoms with Crippen molar-refractivity contribution in [3.05, 3.63) is 0 Å². The average Bonchev–Trinajstić information content (AvgIpc) is 2.18. The normalized spacial score (nSPS) is 19.5. The lowest BCUT2D eigenvalue weighted by molar-refractivity contribution is -0.138. The van der Waals surface area contributed by atoms with E-state index in [1.54, 1.807) is 0 Å². The standard InChI is InChI=1S/C10H16F3NO2S/c11-10(12,13)17-6-5-14-3-1-8(2-4-14)7-9(15)16/h8H,1-7H2,(H,15,16). The maximum Gasteiger partial charge on any atom is 0.441 e. The van der Waals surface area contributed by atoms with Gasteiger partial charge in [-0.3, -0.25) is 4.79 Å². The molecular weight excluding hydrogens is 255 g/mol. The number of alkyl halides is 3. The number of nitrogens with zero attached hydrogens (tertiary/aromatic N) is 1. The highest BCUT2D eigenvalue weighted by atomic mass is 32.2. The van der Waals surface area contributed by atoms with Crippen molar-refractivity contribution in [2.24, 2.45) is 5.92 Å². The van der Waals surface area contributed by atoms with Gasteiger partial charge in [0.1, 0.15) is 0 Å². The molecule has 1 saturated heterocycles. The lowest BCUT2D eigenvalue weighted by Gasteiger charge is -2.31. The fourth-order valence-electron chi connectivity index (χ4n) is 1.95. The van der Waals surface area contributed by atoms with Gasteiger partial charge >= 0.3 is 11.5 Å². The van der Waals surface area contributed by atoms with Crippen LogP contribution in [0.3, 0.4) is 0 Å². The maximum atomic E-state index is 11.9. The largest absolute Gasteiger partial charge is 0.481 e. The van der Waals surface area contributed by atoms with Crippen LogP contribution in [-0.4, -0.2) is 46.9 Å². The molecule has 0 aromatic carbocycles.